The lowest BCUT2D eigenvalue weighted by atomic mass is 10.1. The number of benzene rings is 1. The van der Waals surface area contributed by atoms with Crippen LogP contribution in [-0.2, 0) is 24.3 Å². The Hall–Kier alpha value is -3.01. The number of esters is 1. The minimum Gasteiger partial charge on any atom is -0.451 e. The minimum atomic E-state index is -3.65. The predicted octanol–water partition coefficient (Wildman–Crippen LogP) is 0.755. The summed E-state index contributed by atoms with van der Waals surface area (Å²) in [6.45, 7) is 3.51. The first-order chi connectivity index (χ1) is 12.7. The Morgan fingerprint density at radius 2 is 2.04 bits per heavy atom. The predicted molar refractivity (Wildman–Crippen MR) is 100 cm³/mol. The molecule has 2 aliphatic rings. The molecule has 1 N–H and O–H groups in total. The molecule has 3 rings (SSSR count). The van der Waals surface area contributed by atoms with Crippen molar-refractivity contribution in [3.05, 3.63) is 41.7 Å². The van der Waals surface area contributed by atoms with E-state index in [-0.39, 0.29) is 23.8 Å². The summed E-state index contributed by atoms with van der Waals surface area (Å²) in [5.41, 5.74) is 2.45. The van der Waals surface area contributed by atoms with Gasteiger partial charge >= 0.3 is 5.97 Å². The van der Waals surface area contributed by atoms with Crippen LogP contribution in [0, 0.1) is 13.8 Å². The number of rotatable bonds is 4. The molecule has 10 heteroatoms. The highest BCUT2D eigenvalue weighted by molar-refractivity contribution is 7.90. The van der Waals surface area contributed by atoms with Gasteiger partial charge in [0.25, 0.3) is 15.9 Å². The van der Waals surface area contributed by atoms with E-state index in [1.165, 1.54) is 17.3 Å². The van der Waals surface area contributed by atoms with Crippen molar-refractivity contribution in [2.24, 2.45) is 9.39 Å². The second-order valence-electron chi connectivity index (χ2n) is 6.09. The van der Waals surface area contributed by atoms with Gasteiger partial charge in [-0.2, -0.15) is 0 Å². The Labute approximate surface area is 156 Å². The zero-order valence-corrected chi connectivity index (χ0v) is 15.6. The lowest BCUT2D eigenvalue weighted by Crippen LogP contribution is -2.45. The van der Waals surface area contributed by atoms with Crippen molar-refractivity contribution in [1.82, 2.24) is 4.90 Å². The molecule has 9 nitrogen and oxygen atoms in total. The number of fused-ring (bicyclic) bond motifs is 1. The summed E-state index contributed by atoms with van der Waals surface area (Å²) >= 11 is 0. The highest BCUT2D eigenvalue weighted by Crippen LogP contribution is 2.15. The standard InChI is InChI=1S/C17H18N4O5S/c1-11-3-4-13(9-12(11)2)19-14(22)10-26-17(23)15-16-20-27(24,25)8-7-21(16)6-5-18-15/h3-6,9H,7-8,10H2,1-2H3,(H,19,22). The quantitative estimate of drug-likeness (QED) is 0.758. The Kier molecular flexibility index (Phi) is 5.08. The number of hydrogen-bond acceptors (Lipinski definition) is 7. The van der Waals surface area contributed by atoms with Crippen LogP contribution in [0.5, 0.6) is 0 Å². The number of hydrogen-bond donors (Lipinski definition) is 1. The van der Waals surface area contributed by atoms with Gasteiger partial charge in [-0.3, -0.25) is 4.79 Å². The molecule has 0 atom stereocenters. The third kappa shape index (κ3) is 4.40. The first kappa shape index (κ1) is 18.8. The fourth-order valence-corrected chi connectivity index (χ4v) is 3.45. The van der Waals surface area contributed by atoms with E-state index in [4.69, 9.17) is 4.74 Å². The first-order valence-corrected chi connectivity index (χ1v) is 9.74. The van der Waals surface area contributed by atoms with Crippen molar-refractivity contribution in [2.45, 2.75) is 13.8 Å². The normalized spacial score (nSPS) is 17.5. The average Bonchev–Trinajstić information content (AvgIpc) is 2.61. The van der Waals surface area contributed by atoms with E-state index in [9.17, 15) is 18.0 Å². The van der Waals surface area contributed by atoms with E-state index in [0.29, 0.717) is 5.69 Å². The van der Waals surface area contributed by atoms with Crippen molar-refractivity contribution in [3.8, 4) is 0 Å². The number of aliphatic imine (C=N–C) groups is 1. The van der Waals surface area contributed by atoms with Crippen molar-refractivity contribution >= 4 is 39.1 Å². The maximum atomic E-state index is 12.3. The molecule has 0 spiro atoms. The number of carbonyl (C=O) groups is 2. The molecule has 1 amide bonds. The summed E-state index contributed by atoms with van der Waals surface area (Å²) in [7, 11) is -3.65. The van der Waals surface area contributed by atoms with Gasteiger partial charge in [0, 0.05) is 24.6 Å². The maximum absolute atomic E-state index is 12.3. The van der Waals surface area contributed by atoms with Gasteiger partial charge in [0.2, 0.25) is 0 Å². The molecule has 0 saturated carbocycles. The highest BCUT2D eigenvalue weighted by atomic mass is 32.2. The smallest absolute Gasteiger partial charge is 0.361 e. The van der Waals surface area contributed by atoms with Gasteiger partial charge in [-0.1, -0.05) is 6.07 Å². The fourth-order valence-electron chi connectivity index (χ4n) is 2.48. The minimum absolute atomic E-state index is 0.0942. The number of nitrogens with zero attached hydrogens (tertiary/aromatic N) is 3. The third-order valence-electron chi connectivity index (χ3n) is 4.07. The Morgan fingerprint density at radius 3 is 2.78 bits per heavy atom. The van der Waals surface area contributed by atoms with E-state index < -0.39 is 28.5 Å². The van der Waals surface area contributed by atoms with Gasteiger partial charge in [0.1, 0.15) is 0 Å². The number of ether oxygens (including phenoxy) is 1. The zero-order valence-electron chi connectivity index (χ0n) is 14.8. The second-order valence-corrected chi connectivity index (χ2v) is 7.85. The van der Waals surface area contributed by atoms with E-state index in [2.05, 4.69) is 14.7 Å². The van der Waals surface area contributed by atoms with Crippen LogP contribution in [-0.4, -0.2) is 55.6 Å². The van der Waals surface area contributed by atoms with Gasteiger partial charge < -0.3 is 15.0 Å². The fraction of sp³-hybridized carbons (Fsp3) is 0.294. The Bertz CT molecular complexity index is 995. The molecule has 0 radical (unpaired) electrons. The zero-order chi connectivity index (χ0) is 19.6. The lowest BCUT2D eigenvalue weighted by molar-refractivity contribution is -0.140. The Balaban J connectivity index is 1.64. The molecule has 0 fully saturated rings. The van der Waals surface area contributed by atoms with Gasteiger partial charge in [-0.05, 0) is 37.1 Å². The molecule has 1 aromatic rings. The second kappa shape index (κ2) is 7.31. The average molecular weight is 390 g/mol. The molecule has 0 unspecified atom stereocenters. The number of aryl methyl sites for hydroxylation is 2. The molecular weight excluding hydrogens is 372 g/mol. The molecule has 2 aliphatic heterocycles. The van der Waals surface area contributed by atoms with Gasteiger partial charge in [0.15, 0.2) is 18.2 Å². The number of nitrogens with one attached hydrogen (secondary N) is 1. The lowest BCUT2D eigenvalue weighted by Gasteiger charge is -2.27. The maximum Gasteiger partial charge on any atom is 0.361 e. The molecule has 1 aromatic carbocycles. The number of carbonyl (C=O) groups excluding carboxylic acids is 2. The topological polar surface area (TPSA) is 117 Å². The largest absolute Gasteiger partial charge is 0.451 e. The van der Waals surface area contributed by atoms with Crippen LogP contribution in [0.4, 0.5) is 5.69 Å². The number of amidine groups is 1. The van der Waals surface area contributed by atoms with E-state index in [1.807, 2.05) is 26.0 Å². The highest BCUT2D eigenvalue weighted by Gasteiger charge is 2.32. The van der Waals surface area contributed by atoms with Gasteiger partial charge in [0.05, 0.1) is 5.75 Å². The van der Waals surface area contributed by atoms with Gasteiger partial charge in [-0.15, -0.1) is 4.40 Å². The van der Waals surface area contributed by atoms with Gasteiger partial charge in [-0.25, -0.2) is 18.2 Å². The van der Waals surface area contributed by atoms with Crippen LogP contribution in [0.15, 0.2) is 40.0 Å². The van der Waals surface area contributed by atoms with E-state index in [1.54, 1.807) is 6.07 Å². The molecule has 0 aliphatic carbocycles. The van der Waals surface area contributed by atoms with Crippen molar-refractivity contribution in [2.75, 3.05) is 24.2 Å². The summed E-state index contributed by atoms with van der Waals surface area (Å²) in [6, 6.07) is 5.43. The molecule has 0 bridgehead atoms. The number of amides is 1. The van der Waals surface area contributed by atoms with Crippen molar-refractivity contribution in [1.29, 1.82) is 0 Å². The summed E-state index contributed by atoms with van der Waals surface area (Å²) in [5.74, 6) is -1.69. The SMILES string of the molecule is Cc1ccc(NC(=O)COC(=O)C2=NC=CN3CCS(=O)(=O)N=C23)cc1C. The Morgan fingerprint density at radius 1 is 1.26 bits per heavy atom. The van der Waals surface area contributed by atoms with Crippen LogP contribution < -0.4 is 5.32 Å². The third-order valence-corrected chi connectivity index (χ3v) is 5.22. The van der Waals surface area contributed by atoms with Crippen LogP contribution >= 0.6 is 0 Å². The molecule has 2 heterocycles. The van der Waals surface area contributed by atoms with Crippen LogP contribution in [0.2, 0.25) is 0 Å². The molecule has 142 valence electrons. The monoisotopic (exact) mass is 390 g/mol. The first-order valence-electron chi connectivity index (χ1n) is 8.13. The van der Waals surface area contributed by atoms with Crippen LogP contribution in [0.1, 0.15) is 11.1 Å². The van der Waals surface area contributed by atoms with Crippen molar-refractivity contribution in [3.63, 3.8) is 0 Å². The molecule has 27 heavy (non-hydrogen) atoms. The van der Waals surface area contributed by atoms with E-state index >= 15 is 0 Å². The summed E-state index contributed by atoms with van der Waals surface area (Å²) < 4.78 is 31.9. The summed E-state index contributed by atoms with van der Waals surface area (Å²) in [5, 5.41) is 2.63. The number of anilines is 1. The summed E-state index contributed by atoms with van der Waals surface area (Å²) in [4.78, 5) is 29.6. The van der Waals surface area contributed by atoms with Crippen LogP contribution in [0.25, 0.3) is 0 Å². The molecular formula is C17H18N4O5S. The van der Waals surface area contributed by atoms with Crippen molar-refractivity contribution < 1.29 is 22.7 Å². The summed E-state index contributed by atoms with van der Waals surface area (Å²) in [6.07, 6.45) is 2.87. The van der Waals surface area contributed by atoms with E-state index in [0.717, 1.165) is 11.1 Å². The number of sulfonamides is 1. The molecule has 0 aromatic heterocycles. The van der Waals surface area contributed by atoms with Crippen LogP contribution in [0.3, 0.4) is 0 Å². The molecule has 0 saturated heterocycles.